The van der Waals surface area contributed by atoms with Crippen LogP contribution in [0.1, 0.15) is 43.5 Å². The molecule has 0 aliphatic heterocycles. The molecule has 0 amide bonds. The van der Waals surface area contributed by atoms with Gasteiger partial charge in [-0.2, -0.15) is 0 Å². The maximum atomic E-state index is 5.92. The molecule has 3 heteroatoms. The van der Waals surface area contributed by atoms with E-state index < -0.39 is 0 Å². The molecule has 0 bridgehead atoms. The Balaban J connectivity index is 2.24. The van der Waals surface area contributed by atoms with E-state index in [4.69, 9.17) is 4.74 Å². The number of rotatable bonds is 6. The molecule has 0 unspecified atom stereocenters. The van der Waals surface area contributed by atoms with Crippen LogP contribution >= 0.6 is 0 Å². The molecule has 0 spiro atoms. The molecule has 2 aromatic rings. The van der Waals surface area contributed by atoms with Crippen molar-refractivity contribution < 1.29 is 4.74 Å². The largest absolute Gasteiger partial charge is 0.439 e. The van der Waals surface area contributed by atoms with E-state index in [2.05, 4.69) is 49.3 Å². The lowest BCUT2D eigenvalue weighted by Crippen LogP contribution is -2.07. The lowest BCUT2D eigenvalue weighted by atomic mass is 10.1. The summed E-state index contributed by atoms with van der Waals surface area (Å²) in [6.07, 6.45) is 1.04. The van der Waals surface area contributed by atoms with Crippen LogP contribution in [-0.2, 0) is 13.0 Å². The van der Waals surface area contributed by atoms with Crippen LogP contribution in [0.3, 0.4) is 0 Å². The normalized spacial score (nSPS) is 10.9. The van der Waals surface area contributed by atoms with Gasteiger partial charge in [-0.25, -0.2) is 4.98 Å². The van der Waals surface area contributed by atoms with Crippen molar-refractivity contribution in [2.45, 2.75) is 39.7 Å². The van der Waals surface area contributed by atoms with Crippen molar-refractivity contribution in [3.63, 3.8) is 0 Å². The average molecular weight is 284 g/mol. The van der Waals surface area contributed by atoms with Gasteiger partial charge in [0.15, 0.2) is 0 Å². The van der Waals surface area contributed by atoms with E-state index in [-0.39, 0.29) is 0 Å². The molecule has 1 N–H and O–H groups in total. The summed E-state index contributed by atoms with van der Waals surface area (Å²) in [7, 11) is 1.94. The molecule has 0 fully saturated rings. The molecule has 0 aliphatic rings. The van der Waals surface area contributed by atoms with Gasteiger partial charge in [-0.05, 0) is 48.7 Å². The Labute approximate surface area is 127 Å². The smallest absolute Gasteiger partial charge is 0.219 e. The molecule has 2 rings (SSSR count). The second kappa shape index (κ2) is 7.23. The Kier molecular flexibility index (Phi) is 5.34. The van der Waals surface area contributed by atoms with Crippen molar-refractivity contribution in [3.8, 4) is 11.6 Å². The van der Waals surface area contributed by atoms with Gasteiger partial charge in [0.1, 0.15) is 5.75 Å². The number of aryl methyl sites for hydroxylation is 1. The minimum atomic E-state index is 0.381. The zero-order valence-corrected chi connectivity index (χ0v) is 13.3. The highest BCUT2D eigenvalue weighted by atomic mass is 16.5. The lowest BCUT2D eigenvalue weighted by Gasteiger charge is -2.12. The van der Waals surface area contributed by atoms with Crippen molar-refractivity contribution >= 4 is 0 Å². The van der Waals surface area contributed by atoms with E-state index in [1.54, 1.807) is 0 Å². The Hall–Kier alpha value is -1.87. The van der Waals surface area contributed by atoms with Crippen LogP contribution in [0.5, 0.6) is 11.6 Å². The van der Waals surface area contributed by atoms with E-state index in [1.807, 2.05) is 25.2 Å². The average Bonchev–Trinajstić information content (AvgIpc) is 2.48. The summed E-state index contributed by atoms with van der Waals surface area (Å²) in [5, 5.41) is 3.17. The first-order valence-electron chi connectivity index (χ1n) is 7.54. The fraction of sp³-hybridized carbons (Fsp3) is 0.389. The van der Waals surface area contributed by atoms with Crippen LogP contribution in [0.4, 0.5) is 0 Å². The summed E-state index contributed by atoms with van der Waals surface area (Å²) >= 11 is 0. The molecule has 0 aliphatic carbocycles. The van der Waals surface area contributed by atoms with Crippen molar-refractivity contribution in [1.29, 1.82) is 0 Å². The summed E-state index contributed by atoms with van der Waals surface area (Å²) in [4.78, 5) is 4.60. The van der Waals surface area contributed by atoms with Crippen LogP contribution in [-0.4, -0.2) is 12.0 Å². The fourth-order valence-electron chi connectivity index (χ4n) is 2.15. The predicted molar refractivity (Wildman–Crippen MR) is 87.0 cm³/mol. The summed E-state index contributed by atoms with van der Waals surface area (Å²) in [6, 6.07) is 12.3. The molecule has 0 atom stereocenters. The highest BCUT2D eigenvalue weighted by Crippen LogP contribution is 2.24. The Morgan fingerprint density at radius 3 is 2.38 bits per heavy atom. The van der Waals surface area contributed by atoms with Crippen molar-refractivity contribution in [2.24, 2.45) is 0 Å². The molecule has 21 heavy (non-hydrogen) atoms. The van der Waals surface area contributed by atoms with E-state index in [0.29, 0.717) is 11.8 Å². The van der Waals surface area contributed by atoms with Gasteiger partial charge in [0.05, 0.1) is 0 Å². The number of benzene rings is 1. The van der Waals surface area contributed by atoms with Crippen LogP contribution in [0.2, 0.25) is 0 Å². The van der Waals surface area contributed by atoms with Crippen LogP contribution in [0.25, 0.3) is 0 Å². The third-order valence-corrected chi connectivity index (χ3v) is 3.41. The van der Waals surface area contributed by atoms with Crippen LogP contribution in [0.15, 0.2) is 36.4 Å². The Morgan fingerprint density at radius 1 is 1.10 bits per heavy atom. The molecular weight excluding hydrogens is 260 g/mol. The minimum Gasteiger partial charge on any atom is -0.439 e. The summed E-state index contributed by atoms with van der Waals surface area (Å²) in [6.45, 7) is 7.25. The van der Waals surface area contributed by atoms with E-state index in [0.717, 1.165) is 24.4 Å². The van der Waals surface area contributed by atoms with Gasteiger partial charge in [0.2, 0.25) is 5.88 Å². The third-order valence-electron chi connectivity index (χ3n) is 3.41. The molecule has 1 aromatic carbocycles. The topological polar surface area (TPSA) is 34.1 Å². The molecular formula is C18H24N2O. The maximum Gasteiger partial charge on any atom is 0.219 e. The first-order valence-corrected chi connectivity index (χ1v) is 7.54. The second-order valence-corrected chi connectivity index (χ2v) is 5.52. The van der Waals surface area contributed by atoms with Crippen molar-refractivity contribution in [3.05, 3.63) is 53.2 Å². The lowest BCUT2D eigenvalue weighted by molar-refractivity contribution is 0.458. The van der Waals surface area contributed by atoms with Gasteiger partial charge >= 0.3 is 0 Å². The van der Waals surface area contributed by atoms with Gasteiger partial charge in [0.25, 0.3) is 0 Å². The van der Waals surface area contributed by atoms with E-state index in [9.17, 15) is 0 Å². The zero-order chi connectivity index (χ0) is 15.2. The number of nitrogens with zero attached hydrogens (tertiary/aromatic N) is 1. The molecule has 0 saturated heterocycles. The number of hydrogen-bond donors (Lipinski definition) is 1. The molecule has 1 aromatic heterocycles. The molecule has 1 heterocycles. The maximum absolute atomic E-state index is 5.92. The standard InChI is InChI=1S/C18H24N2O/c1-5-14-6-8-16(9-7-14)21-18-11-15(12-19-4)10-17(20-18)13(2)3/h6-11,13,19H,5,12H2,1-4H3. The van der Waals surface area contributed by atoms with Gasteiger partial charge in [0, 0.05) is 18.3 Å². The Bertz CT molecular complexity index is 576. The molecule has 0 radical (unpaired) electrons. The first kappa shape index (κ1) is 15.5. The number of nitrogens with one attached hydrogen (secondary N) is 1. The zero-order valence-electron chi connectivity index (χ0n) is 13.3. The number of ether oxygens (including phenoxy) is 1. The number of aromatic nitrogens is 1. The van der Waals surface area contributed by atoms with Crippen molar-refractivity contribution in [2.75, 3.05) is 7.05 Å². The first-order chi connectivity index (χ1) is 10.1. The monoisotopic (exact) mass is 284 g/mol. The van der Waals surface area contributed by atoms with Crippen LogP contribution in [0, 0.1) is 0 Å². The van der Waals surface area contributed by atoms with Crippen LogP contribution < -0.4 is 10.1 Å². The number of pyridine rings is 1. The predicted octanol–water partition coefficient (Wildman–Crippen LogP) is 4.28. The van der Waals surface area contributed by atoms with Gasteiger partial charge in [-0.1, -0.05) is 32.9 Å². The minimum absolute atomic E-state index is 0.381. The van der Waals surface area contributed by atoms with E-state index >= 15 is 0 Å². The SMILES string of the molecule is CCc1ccc(Oc2cc(CNC)cc(C(C)C)n2)cc1. The highest BCUT2D eigenvalue weighted by molar-refractivity contribution is 5.33. The van der Waals surface area contributed by atoms with Gasteiger partial charge in [-0.3, -0.25) is 0 Å². The van der Waals surface area contributed by atoms with Gasteiger partial charge in [-0.15, -0.1) is 0 Å². The van der Waals surface area contributed by atoms with E-state index in [1.165, 1.54) is 11.1 Å². The molecule has 0 saturated carbocycles. The third kappa shape index (κ3) is 4.30. The quantitative estimate of drug-likeness (QED) is 0.859. The fourth-order valence-corrected chi connectivity index (χ4v) is 2.15. The van der Waals surface area contributed by atoms with Gasteiger partial charge < -0.3 is 10.1 Å². The molecule has 112 valence electrons. The summed E-state index contributed by atoms with van der Waals surface area (Å²) in [5.74, 6) is 1.87. The Morgan fingerprint density at radius 2 is 1.81 bits per heavy atom. The summed E-state index contributed by atoms with van der Waals surface area (Å²) < 4.78 is 5.92. The molecule has 3 nitrogen and oxygen atoms in total. The highest BCUT2D eigenvalue weighted by Gasteiger charge is 2.08. The number of hydrogen-bond acceptors (Lipinski definition) is 3. The second-order valence-electron chi connectivity index (χ2n) is 5.52. The van der Waals surface area contributed by atoms with Crippen molar-refractivity contribution in [1.82, 2.24) is 10.3 Å². The summed E-state index contributed by atoms with van der Waals surface area (Å²) in [5.41, 5.74) is 3.56.